The number of benzene rings is 1. The fourth-order valence-corrected chi connectivity index (χ4v) is 2.01. The molecule has 1 aliphatic heterocycles. The molecule has 1 fully saturated rings. The Morgan fingerprint density at radius 1 is 1.32 bits per heavy atom. The zero-order valence-corrected chi connectivity index (χ0v) is 11.8. The Morgan fingerprint density at radius 3 is 2.63 bits per heavy atom. The third kappa shape index (κ3) is 3.96. The minimum Gasteiger partial charge on any atom is -0.444 e. The van der Waals surface area contributed by atoms with E-state index in [0.717, 1.165) is 5.56 Å². The van der Waals surface area contributed by atoms with E-state index in [9.17, 15) is 4.79 Å². The standard InChI is InChI=1S/C15H21NO3/c1-15(2,3)19-14(17)16-9-10-18-13(11-16)12-7-5-4-6-8-12/h4-8,13H,9-11H2,1-3H3. The monoisotopic (exact) mass is 263 g/mol. The average Bonchev–Trinajstić information content (AvgIpc) is 2.38. The summed E-state index contributed by atoms with van der Waals surface area (Å²) in [5.41, 5.74) is 0.633. The van der Waals surface area contributed by atoms with E-state index >= 15 is 0 Å². The molecule has 0 aliphatic carbocycles. The SMILES string of the molecule is CC(C)(C)OC(=O)N1CCOC(c2ccccc2)C1. The van der Waals surface area contributed by atoms with Crippen LogP contribution in [0.3, 0.4) is 0 Å². The Morgan fingerprint density at radius 2 is 2.00 bits per heavy atom. The second kappa shape index (κ2) is 5.61. The van der Waals surface area contributed by atoms with Gasteiger partial charge in [0.05, 0.1) is 13.2 Å². The van der Waals surface area contributed by atoms with Gasteiger partial charge in [0.2, 0.25) is 0 Å². The van der Waals surface area contributed by atoms with Crippen LogP contribution in [-0.2, 0) is 9.47 Å². The zero-order chi connectivity index (χ0) is 13.9. The summed E-state index contributed by atoms with van der Waals surface area (Å²) in [4.78, 5) is 13.8. The highest BCUT2D eigenvalue weighted by molar-refractivity contribution is 5.68. The third-order valence-corrected chi connectivity index (χ3v) is 2.89. The van der Waals surface area contributed by atoms with E-state index < -0.39 is 5.60 Å². The maximum absolute atomic E-state index is 12.0. The number of nitrogens with zero attached hydrogens (tertiary/aromatic N) is 1. The summed E-state index contributed by atoms with van der Waals surface area (Å²) in [6.45, 7) is 7.29. The van der Waals surface area contributed by atoms with Crippen LogP contribution >= 0.6 is 0 Å². The normalized spacial score (nSPS) is 20.2. The third-order valence-electron chi connectivity index (χ3n) is 2.89. The van der Waals surface area contributed by atoms with Crippen molar-refractivity contribution in [2.75, 3.05) is 19.7 Å². The number of hydrogen-bond donors (Lipinski definition) is 0. The minimum absolute atomic E-state index is 0.0672. The molecular weight excluding hydrogens is 242 g/mol. The number of amides is 1. The van der Waals surface area contributed by atoms with Gasteiger partial charge in [-0.25, -0.2) is 4.79 Å². The van der Waals surface area contributed by atoms with Crippen LogP contribution in [0, 0.1) is 0 Å². The smallest absolute Gasteiger partial charge is 0.410 e. The molecule has 19 heavy (non-hydrogen) atoms. The first-order chi connectivity index (χ1) is 8.96. The first-order valence-electron chi connectivity index (χ1n) is 6.60. The zero-order valence-electron chi connectivity index (χ0n) is 11.8. The highest BCUT2D eigenvalue weighted by Gasteiger charge is 2.28. The van der Waals surface area contributed by atoms with Gasteiger partial charge in [0.25, 0.3) is 0 Å². The Bertz CT molecular complexity index is 425. The van der Waals surface area contributed by atoms with E-state index in [-0.39, 0.29) is 12.2 Å². The Labute approximate surface area is 114 Å². The molecule has 1 heterocycles. The van der Waals surface area contributed by atoms with Crippen LogP contribution in [0.2, 0.25) is 0 Å². The van der Waals surface area contributed by atoms with Gasteiger partial charge < -0.3 is 14.4 Å². The van der Waals surface area contributed by atoms with Crippen LogP contribution in [0.1, 0.15) is 32.4 Å². The van der Waals surface area contributed by atoms with Crippen molar-refractivity contribution in [1.29, 1.82) is 0 Å². The molecule has 4 heteroatoms. The summed E-state index contributed by atoms with van der Waals surface area (Å²) in [6.07, 6.45) is -0.334. The number of carbonyl (C=O) groups is 1. The van der Waals surface area contributed by atoms with Crippen LogP contribution in [0.15, 0.2) is 30.3 Å². The van der Waals surface area contributed by atoms with Crippen LogP contribution in [0.4, 0.5) is 4.79 Å². The van der Waals surface area contributed by atoms with Crippen molar-refractivity contribution in [2.45, 2.75) is 32.5 Å². The molecule has 0 spiro atoms. The molecule has 0 aromatic heterocycles. The van der Waals surface area contributed by atoms with Gasteiger partial charge >= 0.3 is 6.09 Å². The summed E-state index contributed by atoms with van der Waals surface area (Å²) in [6, 6.07) is 9.96. The largest absolute Gasteiger partial charge is 0.444 e. The predicted molar refractivity (Wildman–Crippen MR) is 72.9 cm³/mol. The van der Waals surface area contributed by atoms with Gasteiger partial charge in [0.1, 0.15) is 11.7 Å². The molecule has 1 atom stereocenters. The quantitative estimate of drug-likeness (QED) is 0.782. The highest BCUT2D eigenvalue weighted by atomic mass is 16.6. The lowest BCUT2D eigenvalue weighted by atomic mass is 10.1. The van der Waals surface area contributed by atoms with Crippen molar-refractivity contribution in [3.63, 3.8) is 0 Å². The predicted octanol–water partition coefficient (Wildman–Crippen LogP) is 3.00. The summed E-state index contributed by atoms with van der Waals surface area (Å²) < 4.78 is 11.1. The second-order valence-electron chi connectivity index (χ2n) is 5.70. The highest BCUT2D eigenvalue weighted by Crippen LogP contribution is 2.23. The van der Waals surface area contributed by atoms with Crippen molar-refractivity contribution in [3.8, 4) is 0 Å². The molecule has 1 amide bonds. The molecule has 104 valence electrons. The molecule has 0 N–H and O–H groups in total. The van der Waals surface area contributed by atoms with E-state index in [0.29, 0.717) is 19.7 Å². The van der Waals surface area contributed by atoms with Crippen LogP contribution in [-0.4, -0.2) is 36.3 Å². The fourth-order valence-electron chi connectivity index (χ4n) is 2.01. The van der Waals surface area contributed by atoms with Crippen LogP contribution < -0.4 is 0 Å². The van der Waals surface area contributed by atoms with Crippen molar-refractivity contribution in [3.05, 3.63) is 35.9 Å². The molecule has 2 rings (SSSR count). The van der Waals surface area contributed by atoms with E-state index in [1.54, 1.807) is 4.90 Å². The maximum atomic E-state index is 12.0. The van der Waals surface area contributed by atoms with Crippen molar-refractivity contribution < 1.29 is 14.3 Å². The molecule has 4 nitrogen and oxygen atoms in total. The number of hydrogen-bond acceptors (Lipinski definition) is 3. The van der Waals surface area contributed by atoms with Gasteiger partial charge in [-0.15, -0.1) is 0 Å². The summed E-state index contributed by atoms with van der Waals surface area (Å²) in [5, 5.41) is 0. The Balaban J connectivity index is 2.00. The van der Waals surface area contributed by atoms with Gasteiger partial charge in [-0.05, 0) is 26.3 Å². The van der Waals surface area contributed by atoms with E-state index in [1.165, 1.54) is 0 Å². The molecule has 1 aliphatic rings. The lowest BCUT2D eigenvalue weighted by Gasteiger charge is -2.34. The number of ether oxygens (including phenoxy) is 2. The summed E-state index contributed by atoms with van der Waals surface area (Å²) in [5.74, 6) is 0. The van der Waals surface area contributed by atoms with Gasteiger partial charge in [0.15, 0.2) is 0 Å². The van der Waals surface area contributed by atoms with Gasteiger partial charge in [-0.3, -0.25) is 0 Å². The second-order valence-corrected chi connectivity index (χ2v) is 5.70. The van der Waals surface area contributed by atoms with Gasteiger partial charge in [-0.2, -0.15) is 0 Å². The minimum atomic E-state index is -0.461. The van der Waals surface area contributed by atoms with E-state index in [4.69, 9.17) is 9.47 Å². The Kier molecular flexibility index (Phi) is 4.10. The molecule has 0 saturated carbocycles. The van der Waals surface area contributed by atoms with Gasteiger partial charge in [0, 0.05) is 6.54 Å². The fraction of sp³-hybridized carbons (Fsp3) is 0.533. The molecule has 0 bridgehead atoms. The summed E-state index contributed by atoms with van der Waals surface area (Å²) >= 11 is 0. The topological polar surface area (TPSA) is 38.8 Å². The lowest BCUT2D eigenvalue weighted by molar-refractivity contribution is -0.0432. The number of carbonyl (C=O) groups excluding carboxylic acids is 1. The van der Waals surface area contributed by atoms with Crippen molar-refractivity contribution in [1.82, 2.24) is 4.90 Å². The van der Waals surface area contributed by atoms with E-state index in [2.05, 4.69) is 0 Å². The van der Waals surface area contributed by atoms with E-state index in [1.807, 2.05) is 51.1 Å². The molecule has 0 radical (unpaired) electrons. The van der Waals surface area contributed by atoms with Crippen LogP contribution in [0.5, 0.6) is 0 Å². The molecule has 1 aromatic carbocycles. The number of morpholine rings is 1. The lowest BCUT2D eigenvalue weighted by Crippen LogP contribution is -2.44. The van der Waals surface area contributed by atoms with Crippen molar-refractivity contribution in [2.24, 2.45) is 0 Å². The van der Waals surface area contributed by atoms with Crippen molar-refractivity contribution >= 4 is 6.09 Å². The first kappa shape index (κ1) is 13.9. The summed E-state index contributed by atoms with van der Waals surface area (Å²) in [7, 11) is 0. The number of rotatable bonds is 1. The average molecular weight is 263 g/mol. The first-order valence-corrected chi connectivity index (χ1v) is 6.60. The van der Waals surface area contributed by atoms with Crippen LogP contribution in [0.25, 0.3) is 0 Å². The van der Waals surface area contributed by atoms with Gasteiger partial charge in [-0.1, -0.05) is 30.3 Å². The Hall–Kier alpha value is -1.55. The maximum Gasteiger partial charge on any atom is 0.410 e. The molecule has 1 saturated heterocycles. The molecule has 1 unspecified atom stereocenters. The molecular formula is C15H21NO3. The molecule has 1 aromatic rings.